The Labute approximate surface area is 176 Å². The molecule has 2 N–H and O–H groups in total. The number of aromatic nitrogens is 2. The Morgan fingerprint density at radius 3 is 2.73 bits per heavy atom. The molecule has 1 saturated heterocycles. The lowest BCUT2D eigenvalue weighted by Gasteiger charge is -2.31. The minimum atomic E-state index is -0.471. The largest absolute Gasteiger partial charge is 0.370 e. The van der Waals surface area contributed by atoms with Gasteiger partial charge in [-0.1, -0.05) is 18.2 Å². The summed E-state index contributed by atoms with van der Waals surface area (Å²) in [6, 6.07) is 7.69. The molecule has 2 aromatic rings. The summed E-state index contributed by atoms with van der Waals surface area (Å²) in [5, 5.41) is 6.55. The summed E-state index contributed by atoms with van der Waals surface area (Å²) in [6.07, 6.45) is 2.82. The topological polar surface area (TPSA) is 82.5 Å². The fraction of sp³-hybridized carbons (Fsp3) is 0.455. The number of rotatable bonds is 6. The van der Waals surface area contributed by atoms with Crippen LogP contribution in [0.3, 0.4) is 0 Å². The minimum absolute atomic E-state index is 0.0946. The van der Waals surface area contributed by atoms with Crippen LogP contribution in [-0.4, -0.2) is 58.8 Å². The van der Waals surface area contributed by atoms with Gasteiger partial charge < -0.3 is 15.5 Å². The zero-order valence-corrected chi connectivity index (χ0v) is 17.8. The second-order valence-corrected chi connectivity index (χ2v) is 7.25. The van der Waals surface area contributed by atoms with Gasteiger partial charge in [0.25, 0.3) is 0 Å². The highest BCUT2D eigenvalue weighted by atomic mass is 19.1. The van der Waals surface area contributed by atoms with E-state index in [4.69, 9.17) is 0 Å². The quantitative estimate of drug-likeness (QED) is 0.563. The van der Waals surface area contributed by atoms with Crippen molar-refractivity contribution in [3.8, 4) is 11.3 Å². The fourth-order valence-electron chi connectivity index (χ4n) is 3.55. The number of amidine groups is 1. The minimum Gasteiger partial charge on any atom is -0.370 e. The predicted molar refractivity (Wildman–Crippen MR) is 117 cm³/mol. The third-order valence-corrected chi connectivity index (χ3v) is 5.09. The molecule has 0 radical (unpaired) electrons. The van der Waals surface area contributed by atoms with Crippen LogP contribution < -0.4 is 10.6 Å². The van der Waals surface area contributed by atoms with Gasteiger partial charge in [0.05, 0.1) is 6.20 Å². The van der Waals surface area contributed by atoms with Crippen LogP contribution in [0, 0.1) is 5.82 Å². The average Bonchev–Trinajstić information content (AvgIpc) is 2.75. The lowest BCUT2D eigenvalue weighted by molar-refractivity contribution is -0.129. The van der Waals surface area contributed by atoms with E-state index in [9.17, 15) is 9.18 Å². The zero-order valence-electron chi connectivity index (χ0n) is 17.8. The number of amides is 1. The van der Waals surface area contributed by atoms with Crippen molar-refractivity contribution < 1.29 is 9.18 Å². The van der Waals surface area contributed by atoms with Crippen LogP contribution in [0.5, 0.6) is 0 Å². The van der Waals surface area contributed by atoms with Gasteiger partial charge in [-0.3, -0.25) is 9.79 Å². The lowest BCUT2D eigenvalue weighted by atomic mass is 10.1. The molecule has 1 aliphatic heterocycles. The highest BCUT2D eigenvalue weighted by Crippen LogP contribution is 2.23. The maximum Gasteiger partial charge on any atom is 0.223 e. The summed E-state index contributed by atoms with van der Waals surface area (Å²) in [7, 11) is 0. The number of anilines is 1. The van der Waals surface area contributed by atoms with E-state index in [1.165, 1.54) is 6.20 Å². The van der Waals surface area contributed by atoms with Crippen molar-refractivity contribution in [1.29, 1.82) is 0 Å². The van der Waals surface area contributed by atoms with Gasteiger partial charge in [-0.15, -0.1) is 0 Å². The molecule has 30 heavy (non-hydrogen) atoms. The third-order valence-electron chi connectivity index (χ3n) is 5.09. The molecule has 0 spiro atoms. The molecule has 2 heterocycles. The van der Waals surface area contributed by atoms with Crippen molar-refractivity contribution in [2.45, 2.75) is 39.7 Å². The summed E-state index contributed by atoms with van der Waals surface area (Å²) in [6.45, 7) is 8.39. The normalized spacial score (nSPS) is 15.2. The molecule has 0 atom stereocenters. The number of benzene rings is 1. The van der Waals surface area contributed by atoms with Gasteiger partial charge in [0.2, 0.25) is 11.9 Å². The maximum absolute atomic E-state index is 14.6. The van der Waals surface area contributed by atoms with Crippen LogP contribution >= 0.6 is 0 Å². The molecule has 0 bridgehead atoms. The van der Waals surface area contributed by atoms with Crippen LogP contribution in [0.1, 0.15) is 39.2 Å². The Hall–Kier alpha value is -3.03. The van der Waals surface area contributed by atoms with Crippen molar-refractivity contribution >= 4 is 17.7 Å². The Bertz CT molecular complexity index is 908. The van der Waals surface area contributed by atoms with Gasteiger partial charge in [-0.25, -0.2) is 14.4 Å². The Balaban J connectivity index is 1.80. The number of carbonyl (C=O) groups excluding carboxylic acids is 1. The number of carbonyl (C=O) groups is 1. The zero-order chi connectivity index (χ0) is 21.5. The highest BCUT2D eigenvalue weighted by molar-refractivity contribution is 5.99. The number of hydrogen-bond donors (Lipinski definition) is 2. The van der Waals surface area contributed by atoms with Crippen molar-refractivity contribution in [2.75, 3.05) is 31.5 Å². The second kappa shape index (κ2) is 10.1. The van der Waals surface area contributed by atoms with Crippen LogP contribution in [0.25, 0.3) is 11.3 Å². The molecule has 1 amide bonds. The van der Waals surface area contributed by atoms with E-state index in [1.807, 2.05) is 43.0 Å². The van der Waals surface area contributed by atoms with Crippen molar-refractivity contribution in [3.05, 3.63) is 41.8 Å². The summed E-state index contributed by atoms with van der Waals surface area (Å²) < 4.78 is 14.6. The summed E-state index contributed by atoms with van der Waals surface area (Å²) in [5.74, 6) is 0.804. The van der Waals surface area contributed by atoms with Crippen LogP contribution in [0.4, 0.5) is 10.3 Å². The van der Waals surface area contributed by atoms with E-state index in [1.54, 1.807) is 6.92 Å². The average molecular weight is 413 g/mol. The number of piperidine rings is 1. The molecular weight excluding hydrogens is 383 g/mol. The monoisotopic (exact) mass is 412 g/mol. The number of nitrogens with zero attached hydrogens (tertiary/aromatic N) is 4. The predicted octanol–water partition coefficient (Wildman–Crippen LogP) is 3.08. The van der Waals surface area contributed by atoms with E-state index in [2.05, 4.69) is 25.6 Å². The molecule has 0 unspecified atom stereocenters. The van der Waals surface area contributed by atoms with Crippen LogP contribution in [-0.2, 0) is 4.79 Å². The number of hydrogen-bond acceptors (Lipinski definition) is 5. The van der Waals surface area contributed by atoms with E-state index in [-0.39, 0.29) is 17.6 Å². The van der Waals surface area contributed by atoms with Crippen LogP contribution in [0.15, 0.2) is 35.5 Å². The number of likely N-dealkylation sites (tertiary alicyclic amines) is 1. The maximum atomic E-state index is 14.6. The molecule has 3 rings (SSSR count). The summed E-state index contributed by atoms with van der Waals surface area (Å²) >= 11 is 0. The first-order valence-corrected chi connectivity index (χ1v) is 10.5. The standard InChI is InChI=1S/C22H29FN6O/c1-4-24-21(25-5-2)17-8-6-7-16(13-17)20-19(23)14-26-22(28-20)27-18-9-11-29(12-10-18)15(3)30/h6-8,13-14,18H,4-5,9-12H2,1-3H3,(H,24,25)(H,26,27,28). The third kappa shape index (κ3) is 5.31. The Kier molecular flexibility index (Phi) is 7.32. The van der Waals surface area contributed by atoms with Gasteiger partial charge in [0, 0.05) is 50.3 Å². The van der Waals surface area contributed by atoms with Crippen molar-refractivity contribution in [2.24, 2.45) is 4.99 Å². The van der Waals surface area contributed by atoms with E-state index in [0.29, 0.717) is 31.1 Å². The molecule has 1 aromatic heterocycles. The summed E-state index contributed by atoms with van der Waals surface area (Å²) in [5.41, 5.74) is 1.81. The fourth-order valence-corrected chi connectivity index (χ4v) is 3.55. The SMILES string of the molecule is CCN=C(NCC)c1cccc(-c2nc(NC3CCN(C(C)=O)CC3)ncc2F)c1. The molecule has 1 aliphatic rings. The van der Waals surface area contributed by atoms with Gasteiger partial charge in [-0.2, -0.15) is 0 Å². The first kappa shape index (κ1) is 21.7. The summed E-state index contributed by atoms with van der Waals surface area (Å²) in [4.78, 5) is 26.4. The van der Waals surface area contributed by atoms with Gasteiger partial charge in [0.15, 0.2) is 5.82 Å². The Morgan fingerprint density at radius 2 is 2.07 bits per heavy atom. The van der Waals surface area contributed by atoms with Gasteiger partial charge in [0.1, 0.15) is 11.5 Å². The number of nitrogens with one attached hydrogen (secondary N) is 2. The van der Waals surface area contributed by atoms with E-state index >= 15 is 0 Å². The molecule has 160 valence electrons. The molecule has 7 nitrogen and oxygen atoms in total. The lowest BCUT2D eigenvalue weighted by Crippen LogP contribution is -2.41. The van der Waals surface area contributed by atoms with Crippen molar-refractivity contribution in [3.63, 3.8) is 0 Å². The van der Waals surface area contributed by atoms with Gasteiger partial charge in [-0.05, 0) is 32.8 Å². The number of aliphatic imine (C=N–C) groups is 1. The van der Waals surface area contributed by atoms with E-state index in [0.717, 1.165) is 30.8 Å². The first-order chi connectivity index (χ1) is 14.5. The Morgan fingerprint density at radius 1 is 1.30 bits per heavy atom. The molecule has 0 aliphatic carbocycles. The first-order valence-electron chi connectivity index (χ1n) is 10.5. The van der Waals surface area contributed by atoms with Crippen LogP contribution in [0.2, 0.25) is 0 Å². The molecule has 8 heteroatoms. The highest BCUT2D eigenvalue weighted by Gasteiger charge is 2.21. The smallest absolute Gasteiger partial charge is 0.223 e. The molecule has 1 fully saturated rings. The molecule has 0 saturated carbocycles. The van der Waals surface area contributed by atoms with Crippen molar-refractivity contribution in [1.82, 2.24) is 20.2 Å². The molecular formula is C22H29FN6O. The molecule has 1 aromatic carbocycles. The van der Waals surface area contributed by atoms with Gasteiger partial charge >= 0.3 is 0 Å². The van der Waals surface area contributed by atoms with E-state index < -0.39 is 5.82 Å². The number of halogens is 1. The second-order valence-electron chi connectivity index (χ2n) is 7.25.